The highest BCUT2D eigenvalue weighted by Crippen LogP contribution is 2.23. The number of rotatable bonds is 0. The molecule has 0 bridgehead atoms. The smallest absolute Gasteiger partial charge is 0.0261 e. The molecule has 2 heterocycles. The summed E-state index contributed by atoms with van der Waals surface area (Å²) in [6.07, 6.45) is 5.84. The lowest BCUT2D eigenvalue weighted by atomic mass is 10.3. The van der Waals surface area contributed by atoms with Crippen LogP contribution < -0.4 is 0 Å². The van der Waals surface area contributed by atoms with E-state index in [4.69, 9.17) is 0 Å². The van der Waals surface area contributed by atoms with Crippen LogP contribution in [0.5, 0.6) is 0 Å². The topological polar surface area (TPSA) is 3.01 Å². The fourth-order valence-corrected chi connectivity index (χ4v) is 1.13. The van der Waals surface area contributed by atoms with E-state index in [0.717, 1.165) is 6.04 Å². The quantitative estimate of drug-likeness (QED) is 0.315. The van der Waals surface area contributed by atoms with Gasteiger partial charge in [0, 0.05) is 19.1 Å². The Morgan fingerprint density at radius 1 is 1.43 bits per heavy atom. The van der Waals surface area contributed by atoms with Gasteiger partial charge in [0.2, 0.25) is 0 Å². The predicted octanol–water partition coefficient (Wildman–Crippen LogP) is 0.630. The van der Waals surface area contributed by atoms with Crippen molar-refractivity contribution in [1.82, 2.24) is 4.90 Å². The summed E-state index contributed by atoms with van der Waals surface area (Å²) in [6, 6.07) is 0.949. The Hall–Kier alpha value is -0.300. The third-order valence-corrected chi connectivity index (χ3v) is 1.74. The summed E-state index contributed by atoms with van der Waals surface area (Å²) in [7, 11) is 0. The molecule has 2 rings (SSSR count). The molecule has 7 heavy (non-hydrogen) atoms. The van der Waals surface area contributed by atoms with E-state index in [1.165, 1.54) is 19.5 Å². The Morgan fingerprint density at radius 2 is 2.43 bits per heavy atom. The van der Waals surface area contributed by atoms with Crippen LogP contribution in [0.3, 0.4) is 0 Å². The molecule has 1 nitrogen and oxygen atoms in total. The van der Waals surface area contributed by atoms with Crippen molar-refractivity contribution in [1.29, 1.82) is 0 Å². The molecule has 0 aliphatic carbocycles. The average Bonchev–Trinajstić information content (AvgIpc) is 2.41. The summed E-state index contributed by atoms with van der Waals surface area (Å²) in [4.78, 5) is 2.47. The van der Waals surface area contributed by atoms with Crippen molar-refractivity contribution in [2.24, 2.45) is 0 Å². The zero-order valence-electron chi connectivity index (χ0n) is 4.30. The number of hydrogen-bond donors (Lipinski definition) is 0. The van der Waals surface area contributed by atoms with Crippen molar-refractivity contribution in [2.75, 3.05) is 13.1 Å². The van der Waals surface area contributed by atoms with Gasteiger partial charge in [0.25, 0.3) is 0 Å². The molecule has 0 N–H and O–H groups in total. The molecule has 1 saturated heterocycles. The molecule has 0 aromatic carbocycles. The second kappa shape index (κ2) is 1.10. The summed E-state index contributed by atoms with van der Waals surface area (Å²) in [5, 5.41) is 0. The molecule has 1 fully saturated rings. The first-order valence-electron chi connectivity index (χ1n) is 2.86. The third kappa shape index (κ3) is 0.484. The summed E-state index contributed by atoms with van der Waals surface area (Å²) >= 11 is 0. The number of fused-ring (bicyclic) bond motifs is 1. The maximum atomic E-state index is 2.47. The zero-order valence-corrected chi connectivity index (χ0v) is 4.30. The van der Waals surface area contributed by atoms with Crippen molar-refractivity contribution in [3.05, 3.63) is 12.2 Å². The zero-order chi connectivity index (χ0) is 4.69. The minimum Gasteiger partial charge on any atom is -0.294 e. The summed E-state index contributed by atoms with van der Waals surface area (Å²) in [6.45, 7) is 2.57. The Bertz CT molecular complexity index is 94.7. The third-order valence-electron chi connectivity index (χ3n) is 1.74. The molecule has 2 aliphatic heterocycles. The second-order valence-electron chi connectivity index (χ2n) is 2.31. The molecular weight excluding hydrogens is 86.1 g/mol. The van der Waals surface area contributed by atoms with E-state index >= 15 is 0 Å². The van der Waals surface area contributed by atoms with E-state index in [-0.39, 0.29) is 0 Å². The van der Waals surface area contributed by atoms with Gasteiger partial charge in [0.1, 0.15) is 0 Å². The highest BCUT2D eigenvalue weighted by Gasteiger charge is 2.32. The highest BCUT2D eigenvalue weighted by molar-refractivity contribution is 5.05. The summed E-state index contributed by atoms with van der Waals surface area (Å²) < 4.78 is 0. The van der Waals surface area contributed by atoms with Gasteiger partial charge in [-0.05, 0) is 6.42 Å². The maximum Gasteiger partial charge on any atom is 0.0261 e. The van der Waals surface area contributed by atoms with Crippen molar-refractivity contribution >= 4 is 0 Å². The van der Waals surface area contributed by atoms with Gasteiger partial charge in [-0.2, -0.15) is 0 Å². The fraction of sp³-hybridized carbons (Fsp3) is 0.667. The van der Waals surface area contributed by atoms with Crippen molar-refractivity contribution < 1.29 is 0 Å². The molecule has 2 aliphatic rings. The van der Waals surface area contributed by atoms with Gasteiger partial charge >= 0.3 is 0 Å². The molecule has 1 heteroatoms. The van der Waals surface area contributed by atoms with Gasteiger partial charge in [-0.25, -0.2) is 0 Å². The van der Waals surface area contributed by atoms with Crippen molar-refractivity contribution in [3.63, 3.8) is 0 Å². The molecule has 38 valence electrons. The number of hydrogen-bond acceptors (Lipinski definition) is 1. The van der Waals surface area contributed by atoms with E-state index in [0.29, 0.717) is 0 Å². The van der Waals surface area contributed by atoms with Crippen LogP contribution in [0.4, 0.5) is 0 Å². The van der Waals surface area contributed by atoms with Gasteiger partial charge < -0.3 is 0 Å². The second-order valence-corrected chi connectivity index (χ2v) is 2.31. The molecule has 2 atom stereocenters. The summed E-state index contributed by atoms with van der Waals surface area (Å²) in [5.41, 5.74) is 0. The minimum absolute atomic E-state index is 0.949. The van der Waals surface area contributed by atoms with Crippen LogP contribution in [0, 0.1) is 0 Å². The molecule has 0 aromatic rings. The van der Waals surface area contributed by atoms with Gasteiger partial charge in [0.05, 0.1) is 0 Å². The molecular formula is C6H9N. The Morgan fingerprint density at radius 3 is 3.00 bits per heavy atom. The van der Waals surface area contributed by atoms with E-state index in [1.807, 2.05) is 0 Å². The highest BCUT2D eigenvalue weighted by atomic mass is 15.3. The lowest BCUT2D eigenvalue weighted by Crippen LogP contribution is -2.04. The average molecular weight is 95.1 g/mol. The Kier molecular flexibility index (Phi) is 0.577. The fourth-order valence-electron chi connectivity index (χ4n) is 1.13. The normalized spacial score (nSPS) is 45.7. The van der Waals surface area contributed by atoms with Crippen LogP contribution in [0.25, 0.3) is 0 Å². The molecule has 0 saturated carbocycles. The van der Waals surface area contributed by atoms with Crippen LogP contribution >= 0.6 is 0 Å². The van der Waals surface area contributed by atoms with Crippen LogP contribution in [0.15, 0.2) is 12.2 Å². The van der Waals surface area contributed by atoms with E-state index in [1.54, 1.807) is 0 Å². The van der Waals surface area contributed by atoms with Crippen molar-refractivity contribution in [3.8, 4) is 0 Å². The minimum atomic E-state index is 0.949. The van der Waals surface area contributed by atoms with E-state index in [9.17, 15) is 0 Å². The Balaban J connectivity index is 2.10. The summed E-state index contributed by atoms with van der Waals surface area (Å²) in [5.74, 6) is 0. The van der Waals surface area contributed by atoms with Crippen LogP contribution in [0.2, 0.25) is 0 Å². The Labute approximate surface area is 43.6 Å². The monoisotopic (exact) mass is 95.1 g/mol. The predicted molar refractivity (Wildman–Crippen MR) is 29.1 cm³/mol. The van der Waals surface area contributed by atoms with Gasteiger partial charge in [-0.15, -0.1) is 0 Å². The first kappa shape index (κ1) is 3.67. The van der Waals surface area contributed by atoms with E-state index < -0.39 is 0 Å². The lowest BCUT2D eigenvalue weighted by Gasteiger charge is -2.00. The van der Waals surface area contributed by atoms with Crippen LogP contribution in [-0.2, 0) is 0 Å². The molecule has 0 aromatic heterocycles. The maximum absolute atomic E-state index is 2.47. The largest absolute Gasteiger partial charge is 0.294 e. The molecule has 2 unspecified atom stereocenters. The van der Waals surface area contributed by atoms with Crippen LogP contribution in [0.1, 0.15) is 6.42 Å². The number of nitrogens with zero attached hydrogens (tertiary/aromatic N) is 1. The van der Waals surface area contributed by atoms with Gasteiger partial charge in [0.15, 0.2) is 0 Å². The SMILES string of the molecule is C1=CCN2CC2C1. The molecule has 0 radical (unpaired) electrons. The van der Waals surface area contributed by atoms with E-state index in [2.05, 4.69) is 17.1 Å². The molecule has 0 amide bonds. The first-order chi connectivity index (χ1) is 3.47. The molecule has 0 spiro atoms. The lowest BCUT2D eigenvalue weighted by molar-refractivity contribution is 0.546. The van der Waals surface area contributed by atoms with Gasteiger partial charge in [-0.1, -0.05) is 12.2 Å². The van der Waals surface area contributed by atoms with Crippen LogP contribution in [-0.4, -0.2) is 24.0 Å². The van der Waals surface area contributed by atoms with Gasteiger partial charge in [-0.3, -0.25) is 4.90 Å². The first-order valence-corrected chi connectivity index (χ1v) is 2.86. The van der Waals surface area contributed by atoms with Crippen molar-refractivity contribution in [2.45, 2.75) is 12.5 Å². The standard InChI is InChI=1S/C6H9N/c1-2-4-7-5-6(7)3-1/h1-2,6H,3-5H2.